The normalized spacial score (nSPS) is 19.9. The van der Waals surface area contributed by atoms with Crippen LogP contribution in [0, 0.1) is 3.57 Å². The lowest BCUT2D eigenvalue weighted by molar-refractivity contribution is 0.593. The summed E-state index contributed by atoms with van der Waals surface area (Å²) in [6.07, 6.45) is 0. The lowest BCUT2D eigenvalue weighted by Gasteiger charge is -2.19. The van der Waals surface area contributed by atoms with E-state index >= 15 is 0 Å². The molecule has 0 saturated heterocycles. The number of fused-ring (bicyclic) bond motifs is 2. The molecule has 0 spiro atoms. The Hall–Kier alpha value is -1.12. The number of hydrogen-bond acceptors (Lipinski definition) is 3. The Morgan fingerprint density at radius 1 is 1.15 bits per heavy atom. The van der Waals surface area contributed by atoms with Gasteiger partial charge in [0.1, 0.15) is 0 Å². The van der Waals surface area contributed by atoms with Gasteiger partial charge in [0.25, 0.3) is 10.0 Å². The first-order chi connectivity index (χ1) is 9.43. The Kier molecular flexibility index (Phi) is 3.26. The monoisotopic (exact) mass is 400 g/mol. The van der Waals surface area contributed by atoms with E-state index in [2.05, 4.69) is 22.6 Å². The molecule has 2 aromatic rings. The summed E-state index contributed by atoms with van der Waals surface area (Å²) in [6, 6.07) is 12.3. The van der Waals surface area contributed by atoms with Gasteiger partial charge in [-0.1, -0.05) is 24.3 Å². The van der Waals surface area contributed by atoms with Gasteiger partial charge in [0.15, 0.2) is 0 Å². The molecule has 2 N–H and O–H groups in total. The molecule has 0 radical (unpaired) electrons. The van der Waals surface area contributed by atoms with E-state index in [1.54, 1.807) is 25.2 Å². The van der Waals surface area contributed by atoms with Crippen LogP contribution in [0.2, 0.25) is 0 Å². The van der Waals surface area contributed by atoms with E-state index in [9.17, 15) is 8.42 Å². The second-order valence-electron chi connectivity index (χ2n) is 4.69. The molecule has 3 rings (SSSR count). The van der Waals surface area contributed by atoms with Crippen molar-refractivity contribution in [2.75, 3.05) is 11.4 Å². The van der Waals surface area contributed by atoms with Gasteiger partial charge in [-0.15, -0.1) is 0 Å². The highest BCUT2D eigenvalue weighted by molar-refractivity contribution is 14.1. The molecule has 0 saturated carbocycles. The van der Waals surface area contributed by atoms with Crippen molar-refractivity contribution in [2.45, 2.75) is 10.9 Å². The summed E-state index contributed by atoms with van der Waals surface area (Å²) in [5.41, 5.74) is 8.39. The molecular weight excluding hydrogens is 387 g/mol. The molecule has 0 bridgehead atoms. The molecule has 4 nitrogen and oxygen atoms in total. The van der Waals surface area contributed by atoms with Crippen molar-refractivity contribution in [3.63, 3.8) is 0 Å². The maximum absolute atomic E-state index is 12.8. The van der Waals surface area contributed by atoms with Crippen molar-refractivity contribution in [1.82, 2.24) is 0 Å². The Morgan fingerprint density at radius 2 is 1.85 bits per heavy atom. The van der Waals surface area contributed by atoms with Gasteiger partial charge in [0.05, 0.1) is 16.6 Å². The second kappa shape index (κ2) is 4.71. The highest BCUT2D eigenvalue weighted by atomic mass is 127. The number of hydrogen-bond donors (Lipinski definition) is 1. The minimum atomic E-state index is -3.58. The molecule has 1 aliphatic heterocycles. The van der Waals surface area contributed by atoms with E-state index in [0.717, 1.165) is 9.13 Å². The fraction of sp³-hybridized carbons (Fsp3) is 0.143. The fourth-order valence-corrected chi connectivity index (χ4v) is 4.66. The first-order valence-corrected chi connectivity index (χ1v) is 8.57. The number of para-hydroxylation sites is 1. The van der Waals surface area contributed by atoms with Gasteiger partial charge in [0, 0.05) is 10.6 Å². The predicted octanol–water partition coefficient (Wildman–Crippen LogP) is 2.48. The quantitative estimate of drug-likeness (QED) is 0.692. The van der Waals surface area contributed by atoms with Crippen LogP contribution in [0.25, 0.3) is 0 Å². The maximum Gasteiger partial charge on any atom is 0.264 e. The van der Waals surface area contributed by atoms with Gasteiger partial charge < -0.3 is 5.73 Å². The first-order valence-electron chi connectivity index (χ1n) is 6.06. The summed E-state index contributed by atoms with van der Waals surface area (Å²) in [6.45, 7) is 0. The van der Waals surface area contributed by atoms with Crippen molar-refractivity contribution in [3.8, 4) is 0 Å². The average Bonchev–Trinajstić information content (AvgIpc) is 2.50. The molecule has 1 aliphatic rings. The summed E-state index contributed by atoms with van der Waals surface area (Å²) in [7, 11) is -2.01. The van der Waals surface area contributed by atoms with Gasteiger partial charge in [-0.3, -0.25) is 4.31 Å². The minimum Gasteiger partial charge on any atom is -0.320 e. The second-order valence-corrected chi connectivity index (χ2v) is 7.87. The fourth-order valence-electron chi connectivity index (χ4n) is 2.47. The van der Waals surface area contributed by atoms with Gasteiger partial charge in [0.2, 0.25) is 0 Å². The Balaban J connectivity index is 2.41. The zero-order chi connectivity index (χ0) is 14.5. The average molecular weight is 400 g/mol. The topological polar surface area (TPSA) is 63.4 Å². The number of benzene rings is 2. The zero-order valence-electron chi connectivity index (χ0n) is 10.7. The van der Waals surface area contributed by atoms with Crippen LogP contribution >= 0.6 is 22.6 Å². The van der Waals surface area contributed by atoms with E-state index in [4.69, 9.17) is 5.73 Å². The number of halogens is 1. The number of nitrogens with zero attached hydrogens (tertiary/aromatic N) is 1. The van der Waals surface area contributed by atoms with E-state index in [0.29, 0.717) is 11.3 Å². The van der Waals surface area contributed by atoms with Gasteiger partial charge in [-0.2, -0.15) is 0 Å². The highest BCUT2D eigenvalue weighted by Crippen LogP contribution is 2.38. The molecule has 6 heteroatoms. The standard InChI is InChI=1S/C14H13IN2O2S/c1-17-12-5-3-2-4-10(12)14(16)11-7-6-9(15)8-13(11)20(17,18)19/h2-8,14H,16H2,1H3. The molecule has 1 heterocycles. The van der Waals surface area contributed by atoms with Crippen LogP contribution in [-0.2, 0) is 10.0 Å². The highest BCUT2D eigenvalue weighted by Gasteiger charge is 2.33. The predicted molar refractivity (Wildman–Crippen MR) is 87.2 cm³/mol. The zero-order valence-corrected chi connectivity index (χ0v) is 13.7. The summed E-state index contributed by atoms with van der Waals surface area (Å²) < 4.78 is 27.7. The molecule has 0 aromatic heterocycles. The SMILES string of the molecule is CN1c2ccccc2C(N)c2ccc(I)cc2S1(=O)=O. The van der Waals surface area contributed by atoms with Crippen LogP contribution in [0.1, 0.15) is 17.2 Å². The molecule has 0 amide bonds. The van der Waals surface area contributed by atoms with Crippen molar-refractivity contribution < 1.29 is 8.42 Å². The number of sulfonamides is 1. The molecule has 1 atom stereocenters. The third-order valence-electron chi connectivity index (χ3n) is 3.56. The smallest absolute Gasteiger partial charge is 0.264 e. The lowest BCUT2D eigenvalue weighted by atomic mass is 9.98. The molecule has 0 aliphatic carbocycles. The number of nitrogens with two attached hydrogens (primary N) is 1. The van der Waals surface area contributed by atoms with Crippen LogP contribution < -0.4 is 10.0 Å². The molecule has 20 heavy (non-hydrogen) atoms. The molecule has 0 fully saturated rings. The van der Waals surface area contributed by atoms with Crippen molar-refractivity contribution >= 4 is 38.3 Å². The lowest BCUT2D eigenvalue weighted by Crippen LogP contribution is -2.26. The van der Waals surface area contributed by atoms with E-state index in [-0.39, 0.29) is 4.90 Å². The first kappa shape index (κ1) is 13.8. The van der Waals surface area contributed by atoms with Crippen LogP contribution in [0.5, 0.6) is 0 Å². The van der Waals surface area contributed by atoms with E-state index < -0.39 is 16.1 Å². The van der Waals surface area contributed by atoms with Gasteiger partial charge in [-0.05, 0) is 51.9 Å². The Bertz CT molecular complexity index is 790. The molecule has 104 valence electrons. The maximum atomic E-state index is 12.8. The summed E-state index contributed by atoms with van der Waals surface area (Å²) in [5.74, 6) is 0. The number of rotatable bonds is 0. The van der Waals surface area contributed by atoms with Crippen molar-refractivity contribution in [1.29, 1.82) is 0 Å². The van der Waals surface area contributed by atoms with Gasteiger partial charge in [-0.25, -0.2) is 8.42 Å². The largest absolute Gasteiger partial charge is 0.320 e. The van der Waals surface area contributed by atoms with Crippen molar-refractivity contribution in [2.24, 2.45) is 5.73 Å². The van der Waals surface area contributed by atoms with E-state index in [1.807, 2.05) is 24.3 Å². The molecular formula is C14H13IN2O2S. The minimum absolute atomic E-state index is 0.288. The summed E-state index contributed by atoms with van der Waals surface area (Å²) in [5, 5.41) is 0. The third-order valence-corrected chi connectivity index (χ3v) is 6.06. The van der Waals surface area contributed by atoms with Gasteiger partial charge >= 0.3 is 0 Å². The Morgan fingerprint density at radius 3 is 2.60 bits per heavy atom. The van der Waals surface area contributed by atoms with E-state index in [1.165, 1.54) is 4.31 Å². The third kappa shape index (κ3) is 1.94. The van der Waals surface area contributed by atoms with Crippen LogP contribution in [0.4, 0.5) is 5.69 Å². The van der Waals surface area contributed by atoms with Crippen LogP contribution in [-0.4, -0.2) is 15.5 Å². The summed E-state index contributed by atoms with van der Waals surface area (Å²) >= 11 is 2.11. The van der Waals surface area contributed by atoms with Crippen LogP contribution in [0.15, 0.2) is 47.4 Å². The Labute approximate surface area is 131 Å². The molecule has 1 unspecified atom stereocenters. The summed E-state index contributed by atoms with van der Waals surface area (Å²) in [4.78, 5) is 0.288. The molecule has 2 aromatic carbocycles. The number of anilines is 1. The van der Waals surface area contributed by atoms with Crippen LogP contribution in [0.3, 0.4) is 0 Å². The van der Waals surface area contributed by atoms with Crippen molar-refractivity contribution in [3.05, 3.63) is 57.2 Å².